The molecule has 1 amide bonds. The van der Waals surface area contributed by atoms with E-state index in [0.717, 1.165) is 16.7 Å². The van der Waals surface area contributed by atoms with E-state index in [2.05, 4.69) is 55.2 Å². The zero-order valence-electron chi connectivity index (χ0n) is 40.4. The smallest absolute Gasteiger partial charge is 0.280 e. The third-order valence-corrected chi connectivity index (χ3v) is 20.8. The van der Waals surface area contributed by atoms with Gasteiger partial charge in [0.05, 0.1) is 33.2 Å². The number of aromatic nitrogens is 4. The summed E-state index contributed by atoms with van der Waals surface area (Å²) < 4.78 is 49.9. The van der Waals surface area contributed by atoms with Crippen LogP contribution in [-0.2, 0) is 28.8 Å². The molecule has 4 aromatic carbocycles. The fraction of sp³-hybridized carbons (Fsp3) is 0.380. The van der Waals surface area contributed by atoms with Crippen molar-refractivity contribution < 1.29 is 37.4 Å². The molecule has 0 bridgehead atoms. The number of benzene rings is 4. The molecule has 0 saturated carbocycles. The molecule has 2 unspecified atom stereocenters. The number of rotatable bonds is 21. The molecule has 1 fully saturated rings. The quantitative estimate of drug-likeness (QED) is 0.0301. The average molecular weight is 994 g/mol. The van der Waals surface area contributed by atoms with Crippen molar-refractivity contribution in [1.29, 1.82) is 5.26 Å². The molecule has 1 saturated heterocycles. The number of amides is 1. The van der Waals surface area contributed by atoms with Crippen LogP contribution >= 0.6 is 18.9 Å². The lowest BCUT2D eigenvalue weighted by molar-refractivity contribution is -0.118. The van der Waals surface area contributed by atoms with Crippen LogP contribution in [0.4, 0.5) is 5.95 Å². The van der Waals surface area contributed by atoms with Gasteiger partial charge in [0, 0.05) is 12.2 Å². The number of nitriles is 1. The number of imidazole rings is 1. The Balaban J connectivity index is 1.35. The first-order chi connectivity index (χ1) is 33.1. The molecular weight excluding hydrogens is 934 g/mol. The summed E-state index contributed by atoms with van der Waals surface area (Å²) in [5, 5.41) is 11.9. The Morgan fingerprint density at radius 2 is 1.49 bits per heavy atom. The van der Waals surface area contributed by atoms with Gasteiger partial charge in [-0.1, -0.05) is 105 Å². The van der Waals surface area contributed by atoms with Crippen molar-refractivity contribution in [3.05, 3.63) is 143 Å². The summed E-state index contributed by atoms with van der Waals surface area (Å²) in [5.74, 6) is 1.80. The second-order valence-corrected chi connectivity index (χ2v) is 26.6. The van der Waals surface area contributed by atoms with Crippen LogP contribution in [0.2, 0.25) is 18.1 Å². The van der Waals surface area contributed by atoms with E-state index in [9.17, 15) is 14.9 Å². The first-order valence-electron chi connectivity index (χ1n) is 22.5. The topological polar surface area (TPSA) is 184 Å². The second-order valence-electron chi connectivity index (χ2n) is 18.0. The maximum atomic E-state index is 13.7. The summed E-state index contributed by atoms with van der Waals surface area (Å²) >= 11 is 1.56. The lowest BCUT2D eigenvalue weighted by atomic mass is 9.80. The summed E-state index contributed by atoms with van der Waals surface area (Å²) in [6, 6.07) is 36.8. The third-order valence-electron chi connectivity index (χ3n) is 12.2. The number of nitrogens with zero attached hydrogens (tertiary/aromatic N) is 5. The summed E-state index contributed by atoms with van der Waals surface area (Å²) in [4.78, 5) is 38.8. The SMILES string of the molecule is COc1ccc(C(OCC2O[C@@H](n3cnc4c(=O)[nH]c(NC(=O)COc5ccccc5)nc43)[C@H](O[Si](C)(C)C(C)(C)C)[C@@H]2OP(SCCC#N)N(C)C)(c2ccccc2)c2ccc(OC)cc2)cc1. The van der Waals surface area contributed by atoms with Crippen molar-refractivity contribution in [3.63, 3.8) is 0 Å². The van der Waals surface area contributed by atoms with E-state index in [0.29, 0.717) is 29.4 Å². The zero-order valence-corrected chi connectivity index (χ0v) is 43.1. The number of carbonyl (C=O) groups excluding carboxylic acids is 1. The molecule has 1 aliphatic rings. The van der Waals surface area contributed by atoms with Gasteiger partial charge in [-0.05, 0) is 85.3 Å². The van der Waals surface area contributed by atoms with E-state index >= 15 is 0 Å². The molecule has 0 aliphatic carbocycles. The minimum atomic E-state index is -2.66. The zero-order chi connectivity index (χ0) is 49.3. The fourth-order valence-corrected chi connectivity index (χ4v) is 12.1. The molecule has 364 valence electrons. The van der Waals surface area contributed by atoms with Gasteiger partial charge in [0.2, 0.25) is 5.95 Å². The Morgan fingerprint density at radius 1 is 0.899 bits per heavy atom. The summed E-state index contributed by atoms with van der Waals surface area (Å²) in [7, 11) is 3.11. The number of ether oxygens (including phenoxy) is 5. The van der Waals surface area contributed by atoms with E-state index in [1.54, 1.807) is 54.4 Å². The van der Waals surface area contributed by atoms with Gasteiger partial charge < -0.3 is 32.6 Å². The van der Waals surface area contributed by atoms with E-state index in [1.165, 1.54) is 6.33 Å². The molecule has 2 aromatic heterocycles. The van der Waals surface area contributed by atoms with Crippen LogP contribution in [0, 0.1) is 11.3 Å². The van der Waals surface area contributed by atoms with Crippen LogP contribution in [0.25, 0.3) is 11.2 Å². The molecule has 16 nitrogen and oxygen atoms in total. The van der Waals surface area contributed by atoms with E-state index in [1.807, 2.05) is 104 Å². The highest BCUT2D eigenvalue weighted by atomic mass is 32.7. The number of fused-ring (bicyclic) bond motifs is 1. The Morgan fingerprint density at radius 3 is 2.06 bits per heavy atom. The molecular formula is C50H60N7O9PSSi. The van der Waals surface area contributed by atoms with Crippen LogP contribution in [0.5, 0.6) is 17.2 Å². The maximum absolute atomic E-state index is 13.7. The second kappa shape index (κ2) is 22.4. The minimum absolute atomic E-state index is 0.0195. The van der Waals surface area contributed by atoms with Crippen molar-refractivity contribution in [2.45, 2.75) is 75.5 Å². The molecule has 2 N–H and O–H groups in total. The van der Waals surface area contributed by atoms with Crippen LogP contribution in [0.3, 0.4) is 0 Å². The highest BCUT2D eigenvalue weighted by Crippen LogP contribution is 2.57. The average Bonchev–Trinajstić information content (AvgIpc) is 3.91. The van der Waals surface area contributed by atoms with E-state index in [4.69, 9.17) is 37.6 Å². The Labute approximate surface area is 409 Å². The summed E-state index contributed by atoms with van der Waals surface area (Å²) in [6.07, 6.45) is -1.50. The van der Waals surface area contributed by atoms with Crippen LogP contribution in [0.15, 0.2) is 120 Å². The van der Waals surface area contributed by atoms with Gasteiger partial charge in [0.25, 0.3) is 11.5 Å². The maximum Gasteiger partial charge on any atom is 0.280 e. The third kappa shape index (κ3) is 11.7. The molecule has 7 rings (SSSR count). The fourth-order valence-electron chi connectivity index (χ4n) is 7.64. The number of para-hydroxylation sites is 1. The standard InChI is InChI=1S/C50H60N7O9PSSi/c1-49(2,3)69(8,9)66-44-43(65-67(56(4)5)68-30-16-29-51)40(64-47(44)57-33-52-42-45(57)54-48(55-46(42)59)53-41(58)32-62-39-19-14-11-15-20-39)31-63-50(34-17-12-10-13-18-34,35-21-25-37(60-6)26-22-35)36-23-27-38(61-7)28-24-36/h10-15,17-28,33,40,43-44,47H,16,30-32H2,1-9H3,(H2,53,54,55,58,59)/t40?,43-,44-,47-,67?/m1/s1. The molecule has 1 aliphatic heterocycles. The van der Waals surface area contributed by atoms with Crippen molar-refractivity contribution in [2.75, 3.05) is 52.6 Å². The van der Waals surface area contributed by atoms with Crippen LogP contribution in [-0.4, -0.2) is 104 Å². The molecule has 69 heavy (non-hydrogen) atoms. The number of hydrogen-bond acceptors (Lipinski definition) is 14. The number of hydrogen-bond donors (Lipinski definition) is 2. The van der Waals surface area contributed by atoms with Gasteiger partial charge in [-0.2, -0.15) is 10.2 Å². The minimum Gasteiger partial charge on any atom is -0.497 e. The molecule has 0 spiro atoms. The molecule has 19 heteroatoms. The first-order valence-corrected chi connectivity index (χ1v) is 28.2. The van der Waals surface area contributed by atoms with Gasteiger partial charge in [-0.25, -0.2) is 4.98 Å². The van der Waals surface area contributed by atoms with Gasteiger partial charge in [0.15, 0.2) is 39.8 Å². The summed E-state index contributed by atoms with van der Waals surface area (Å²) in [5.41, 5.74) is 0.931. The van der Waals surface area contributed by atoms with Crippen molar-refractivity contribution in [1.82, 2.24) is 24.2 Å². The van der Waals surface area contributed by atoms with E-state index < -0.39 is 57.4 Å². The van der Waals surface area contributed by atoms with Crippen molar-refractivity contribution >= 4 is 50.2 Å². The number of H-pyrrole nitrogens is 1. The number of methoxy groups -OCH3 is 2. The Hall–Kier alpha value is -5.61. The predicted octanol–water partition coefficient (Wildman–Crippen LogP) is 9.27. The number of nitrogens with one attached hydrogen (secondary N) is 2. The van der Waals surface area contributed by atoms with Crippen molar-refractivity contribution in [3.8, 4) is 23.3 Å². The molecule has 0 radical (unpaired) electrons. The lowest BCUT2D eigenvalue weighted by Gasteiger charge is -2.41. The van der Waals surface area contributed by atoms with Gasteiger partial charge >= 0.3 is 0 Å². The van der Waals surface area contributed by atoms with Crippen molar-refractivity contribution in [2.24, 2.45) is 0 Å². The largest absolute Gasteiger partial charge is 0.497 e. The first kappa shape index (κ1) is 51.2. The van der Waals surface area contributed by atoms with Crippen LogP contribution in [0.1, 0.15) is 50.1 Å². The molecule has 5 atom stereocenters. The molecule has 3 heterocycles. The highest BCUT2D eigenvalue weighted by Gasteiger charge is 2.54. The highest BCUT2D eigenvalue weighted by molar-refractivity contribution is 8.53. The predicted molar refractivity (Wildman–Crippen MR) is 271 cm³/mol. The normalized spacial score (nSPS) is 17.9. The number of carbonyl (C=O) groups is 1. The van der Waals surface area contributed by atoms with Gasteiger partial charge in [0.1, 0.15) is 41.2 Å². The molecule has 6 aromatic rings. The monoisotopic (exact) mass is 993 g/mol. The Kier molecular flexibility index (Phi) is 16.7. The van der Waals surface area contributed by atoms with Crippen LogP contribution < -0.4 is 25.1 Å². The summed E-state index contributed by atoms with van der Waals surface area (Å²) in [6.45, 7) is 10.5. The Bertz CT molecular complexity index is 2690. The lowest BCUT2D eigenvalue weighted by Crippen LogP contribution is -2.49. The van der Waals surface area contributed by atoms with E-state index in [-0.39, 0.29) is 35.4 Å². The van der Waals surface area contributed by atoms with Gasteiger partial charge in [-0.3, -0.25) is 29.1 Å². The van der Waals surface area contributed by atoms with Gasteiger partial charge in [-0.15, -0.1) is 0 Å². The number of anilines is 1. The number of aromatic amines is 1.